The molecule has 0 aliphatic carbocycles. The molecule has 0 aliphatic rings. The van der Waals surface area contributed by atoms with Crippen molar-refractivity contribution in [1.29, 1.82) is 0 Å². The zero-order valence-electron chi connectivity index (χ0n) is 11.6. The molecule has 0 saturated carbocycles. The number of benzene rings is 1. The van der Waals surface area contributed by atoms with E-state index in [0.29, 0.717) is 0 Å². The van der Waals surface area contributed by atoms with Crippen LogP contribution in [0.3, 0.4) is 0 Å². The lowest BCUT2D eigenvalue weighted by atomic mass is 10.1. The van der Waals surface area contributed by atoms with Crippen LogP contribution in [0.15, 0.2) is 48.7 Å². The largest absolute Gasteiger partial charge is 0.353 e. The SMILES string of the molecule is CCN(Cc1ccccc1)c1ccc([C@@H](C)N)cn1. The molecule has 100 valence electrons. The first kappa shape index (κ1) is 13.6. The normalized spacial score (nSPS) is 12.2. The highest BCUT2D eigenvalue weighted by atomic mass is 15.2. The molecule has 2 N–H and O–H groups in total. The topological polar surface area (TPSA) is 42.1 Å². The van der Waals surface area contributed by atoms with E-state index < -0.39 is 0 Å². The Labute approximate surface area is 115 Å². The van der Waals surface area contributed by atoms with Crippen molar-refractivity contribution in [2.24, 2.45) is 5.73 Å². The van der Waals surface area contributed by atoms with Gasteiger partial charge in [-0.15, -0.1) is 0 Å². The minimum absolute atomic E-state index is 0.0331. The molecular weight excluding hydrogens is 234 g/mol. The first-order valence-electron chi connectivity index (χ1n) is 6.71. The van der Waals surface area contributed by atoms with Gasteiger partial charge in [-0.1, -0.05) is 36.4 Å². The summed E-state index contributed by atoms with van der Waals surface area (Å²) in [6.45, 7) is 5.92. The third-order valence-electron chi connectivity index (χ3n) is 3.22. The van der Waals surface area contributed by atoms with Gasteiger partial charge in [0, 0.05) is 25.3 Å². The fourth-order valence-corrected chi connectivity index (χ4v) is 2.01. The smallest absolute Gasteiger partial charge is 0.128 e. The lowest BCUT2D eigenvalue weighted by molar-refractivity contribution is 0.792. The molecule has 19 heavy (non-hydrogen) atoms. The first-order valence-corrected chi connectivity index (χ1v) is 6.71. The van der Waals surface area contributed by atoms with Gasteiger partial charge in [0.15, 0.2) is 0 Å². The summed E-state index contributed by atoms with van der Waals surface area (Å²) in [6, 6.07) is 14.6. The number of anilines is 1. The molecule has 1 atom stereocenters. The Bertz CT molecular complexity index is 491. The Hall–Kier alpha value is -1.87. The van der Waals surface area contributed by atoms with E-state index in [1.54, 1.807) is 0 Å². The Morgan fingerprint density at radius 2 is 1.89 bits per heavy atom. The maximum Gasteiger partial charge on any atom is 0.128 e. The van der Waals surface area contributed by atoms with Crippen molar-refractivity contribution >= 4 is 5.82 Å². The van der Waals surface area contributed by atoms with E-state index in [-0.39, 0.29) is 6.04 Å². The molecule has 0 bridgehead atoms. The van der Waals surface area contributed by atoms with Crippen molar-refractivity contribution in [3.63, 3.8) is 0 Å². The molecule has 2 rings (SSSR count). The fourth-order valence-electron chi connectivity index (χ4n) is 2.01. The molecule has 3 heteroatoms. The number of hydrogen-bond donors (Lipinski definition) is 1. The third kappa shape index (κ3) is 3.55. The van der Waals surface area contributed by atoms with Crippen molar-refractivity contribution in [3.8, 4) is 0 Å². The van der Waals surface area contributed by atoms with Gasteiger partial charge in [-0.2, -0.15) is 0 Å². The number of aromatic nitrogens is 1. The summed E-state index contributed by atoms with van der Waals surface area (Å²) in [5.74, 6) is 0.996. The minimum atomic E-state index is 0.0331. The van der Waals surface area contributed by atoms with Gasteiger partial charge in [0.25, 0.3) is 0 Å². The van der Waals surface area contributed by atoms with E-state index in [4.69, 9.17) is 5.73 Å². The van der Waals surface area contributed by atoms with Crippen LogP contribution < -0.4 is 10.6 Å². The van der Waals surface area contributed by atoms with Crippen LogP contribution in [-0.4, -0.2) is 11.5 Å². The van der Waals surface area contributed by atoms with Crippen molar-refractivity contribution < 1.29 is 0 Å². The van der Waals surface area contributed by atoms with Crippen LogP contribution in [0.1, 0.15) is 31.0 Å². The maximum absolute atomic E-state index is 5.84. The summed E-state index contributed by atoms with van der Waals surface area (Å²) in [6.07, 6.45) is 1.87. The molecule has 0 radical (unpaired) electrons. The molecule has 0 fully saturated rings. The van der Waals surface area contributed by atoms with Crippen LogP contribution in [0.5, 0.6) is 0 Å². The summed E-state index contributed by atoms with van der Waals surface area (Å²) < 4.78 is 0. The number of hydrogen-bond acceptors (Lipinski definition) is 3. The van der Waals surface area contributed by atoms with Crippen LogP contribution in [-0.2, 0) is 6.54 Å². The Kier molecular flexibility index (Phi) is 4.53. The summed E-state index contributed by atoms with van der Waals surface area (Å²) in [7, 11) is 0. The lowest BCUT2D eigenvalue weighted by Gasteiger charge is -2.22. The van der Waals surface area contributed by atoms with Gasteiger partial charge in [-0.3, -0.25) is 0 Å². The van der Waals surface area contributed by atoms with Crippen LogP contribution in [0.2, 0.25) is 0 Å². The second kappa shape index (κ2) is 6.34. The average molecular weight is 255 g/mol. The molecule has 0 amide bonds. The average Bonchev–Trinajstić information content (AvgIpc) is 2.46. The van der Waals surface area contributed by atoms with Gasteiger partial charge in [0.1, 0.15) is 5.82 Å². The highest BCUT2D eigenvalue weighted by molar-refractivity contribution is 5.40. The van der Waals surface area contributed by atoms with E-state index >= 15 is 0 Å². The van der Waals surface area contributed by atoms with Gasteiger partial charge >= 0.3 is 0 Å². The van der Waals surface area contributed by atoms with E-state index in [0.717, 1.165) is 24.5 Å². The van der Waals surface area contributed by atoms with E-state index in [2.05, 4.69) is 47.1 Å². The second-order valence-electron chi connectivity index (χ2n) is 4.74. The maximum atomic E-state index is 5.84. The number of nitrogens with zero attached hydrogens (tertiary/aromatic N) is 2. The Balaban J connectivity index is 2.13. The number of pyridine rings is 1. The molecule has 0 unspecified atom stereocenters. The van der Waals surface area contributed by atoms with Gasteiger partial charge < -0.3 is 10.6 Å². The highest BCUT2D eigenvalue weighted by Crippen LogP contribution is 2.16. The summed E-state index contributed by atoms with van der Waals surface area (Å²) in [5, 5.41) is 0. The van der Waals surface area contributed by atoms with Gasteiger partial charge in [0.05, 0.1) is 0 Å². The molecular formula is C16H21N3. The van der Waals surface area contributed by atoms with Crippen LogP contribution in [0.25, 0.3) is 0 Å². The molecule has 2 aromatic rings. The first-order chi connectivity index (χ1) is 9.20. The molecule has 0 saturated heterocycles. The number of rotatable bonds is 5. The highest BCUT2D eigenvalue weighted by Gasteiger charge is 2.07. The standard InChI is InChI=1S/C16H21N3/c1-3-19(12-14-7-5-4-6-8-14)16-10-9-15(11-18-16)13(2)17/h4-11,13H,3,12,17H2,1-2H3/t13-/m1/s1. The van der Waals surface area contributed by atoms with Gasteiger partial charge in [-0.25, -0.2) is 4.98 Å². The predicted molar refractivity (Wildman–Crippen MR) is 80.0 cm³/mol. The van der Waals surface area contributed by atoms with Gasteiger partial charge in [-0.05, 0) is 31.0 Å². The second-order valence-corrected chi connectivity index (χ2v) is 4.74. The molecule has 1 aromatic heterocycles. The molecule has 3 nitrogen and oxygen atoms in total. The van der Waals surface area contributed by atoms with E-state index in [9.17, 15) is 0 Å². The fraction of sp³-hybridized carbons (Fsp3) is 0.312. The summed E-state index contributed by atoms with van der Waals surface area (Å²) in [5.41, 5.74) is 8.21. The summed E-state index contributed by atoms with van der Waals surface area (Å²) in [4.78, 5) is 6.76. The van der Waals surface area contributed by atoms with Crippen LogP contribution in [0.4, 0.5) is 5.82 Å². The molecule has 1 heterocycles. The quantitative estimate of drug-likeness (QED) is 0.892. The monoisotopic (exact) mass is 255 g/mol. The molecule has 0 spiro atoms. The molecule has 1 aromatic carbocycles. The van der Waals surface area contributed by atoms with Crippen molar-refractivity contribution in [2.75, 3.05) is 11.4 Å². The van der Waals surface area contributed by atoms with Crippen LogP contribution >= 0.6 is 0 Å². The van der Waals surface area contributed by atoms with Crippen molar-refractivity contribution in [1.82, 2.24) is 4.98 Å². The Morgan fingerprint density at radius 3 is 2.42 bits per heavy atom. The number of nitrogens with two attached hydrogens (primary N) is 1. The van der Waals surface area contributed by atoms with Crippen molar-refractivity contribution in [2.45, 2.75) is 26.4 Å². The van der Waals surface area contributed by atoms with Gasteiger partial charge in [0.2, 0.25) is 0 Å². The Morgan fingerprint density at radius 1 is 1.16 bits per heavy atom. The molecule has 0 aliphatic heterocycles. The van der Waals surface area contributed by atoms with Crippen molar-refractivity contribution in [3.05, 3.63) is 59.8 Å². The zero-order valence-corrected chi connectivity index (χ0v) is 11.6. The lowest BCUT2D eigenvalue weighted by Crippen LogP contribution is -2.23. The predicted octanol–water partition coefficient (Wildman–Crippen LogP) is 3.13. The van der Waals surface area contributed by atoms with Crippen LogP contribution in [0, 0.1) is 0 Å². The third-order valence-corrected chi connectivity index (χ3v) is 3.22. The van der Waals surface area contributed by atoms with E-state index in [1.807, 2.05) is 25.3 Å². The van der Waals surface area contributed by atoms with E-state index in [1.165, 1.54) is 5.56 Å². The zero-order chi connectivity index (χ0) is 13.7. The minimum Gasteiger partial charge on any atom is -0.353 e. The summed E-state index contributed by atoms with van der Waals surface area (Å²) >= 11 is 0.